The van der Waals surface area contributed by atoms with Crippen molar-refractivity contribution in [2.24, 2.45) is 0 Å². The first-order valence-electron chi connectivity index (χ1n) is 12.7. The number of methoxy groups -OCH3 is 1. The summed E-state index contributed by atoms with van der Waals surface area (Å²) >= 11 is 1.45. The summed E-state index contributed by atoms with van der Waals surface area (Å²) < 4.78 is 48.7. The van der Waals surface area contributed by atoms with Crippen molar-refractivity contribution in [3.63, 3.8) is 0 Å². The fourth-order valence-corrected chi connectivity index (χ4v) is 6.07. The molecule has 0 spiro atoms. The molecule has 0 saturated carbocycles. The fourth-order valence-electron chi connectivity index (χ4n) is 5.19. The summed E-state index contributed by atoms with van der Waals surface area (Å²) in [5, 5.41) is 4.61. The third-order valence-corrected chi connectivity index (χ3v) is 8.50. The molecule has 4 aromatic rings. The van der Waals surface area contributed by atoms with Crippen molar-refractivity contribution < 1.29 is 22.7 Å². The minimum Gasteiger partial charge on any atom is -0.497 e. The number of fused-ring (bicyclic) bond motifs is 1. The quantitative estimate of drug-likeness (QED) is 0.266. The van der Waals surface area contributed by atoms with Crippen LogP contribution in [0, 0.1) is 13.5 Å². The van der Waals surface area contributed by atoms with Gasteiger partial charge in [0.05, 0.1) is 25.6 Å². The third kappa shape index (κ3) is 4.91. The largest absolute Gasteiger partial charge is 0.497 e. The van der Waals surface area contributed by atoms with Crippen LogP contribution in [0.2, 0.25) is 0 Å². The highest BCUT2D eigenvalue weighted by Crippen LogP contribution is 2.37. The first-order valence-corrected chi connectivity index (χ1v) is 13.5. The summed E-state index contributed by atoms with van der Waals surface area (Å²) in [6.07, 6.45) is -3.54. The molecule has 3 aromatic heterocycles. The average molecular weight is 569 g/mol. The van der Waals surface area contributed by atoms with Gasteiger partial charge >= 0.3 is 6.18 Å². The van der Waals surface area contributed by atoms with Crippen molar-refractivity contribution in [3.05, 3.63) is 75.7 Å². The average Bonchev–Trinajstić information content (AvgIpc) is 3.58. The number of thiophene rings is 1. The minimum atomic E-state index is -4.72. The second kappa shape index (κ2) is 10.6. The Morgan fingerprint density at radius 2 is 1.93 bits per heavy atom. The maximum absolute atomic E-state index is 14.3. The van der Waals surface area contributed by atoms with Gasteiger partial charge < -0.3 is 9.64 Å². The van der Waals surface area contributed by atoms with Gasteiger partial charge in [-0.3, -0.25) is 9.69 Å². The molecule has 208 valence electrons. The van der Waals surface area contributed by atoms with Gasteiger partial charge in [0.2, 0.25) is 5.00 Å². The highest BCUT2D eigenvalue weighted by Gasteiger charge is 2.39. The Hall–Kier alpha value is -3.95. The number of benzene rings is 1. The molecule has 1 aliphatic rings. The normalized spacial score (nSPS) is 17.1. The zero-order chi connectivity index (χ0) is 28.8. The standard InChI is InChI=1S/C28H27F3N6O2S/c1-16-15-35(18(3)22-10-11-23(32-4)40-22)12-13-36(16)27(38)21-14-33-37-25(28(29,30)31)17(2)24(34-26(21)37)19-6-8-20(39-5)9-7-19/h6-11,14,16,18H,12-13,15H2,1-3,5H3/t16-,18+/m1/s1. The molecule has 0 N–H and O–H groups in total. The number of hydrogen-bond donors (Lipinski definition) is 0. The van der Waals surface area contributed by atoms with Gasteiger partial charge in [-0.1, -0.05) is 6.07 Å². The molecule has 1 fully saturated rings. The van der Waals surface area contributed by atoms with E-state index in [-0.39, 0.29) is 34.6 Å². The second-order valence-electron chi connectivity index (χ2n) is 9.76. The van der Waals surface area contributed by atoms with Crippen LogP contribution in [0.25, 0.3) is 21.7 Å². The van der Waals surface area contributed by atoms with Crippen LogP contribution < -0.4 is 4.74 Å². The van der Waals surface area contributed by atoms with Crippen LogP contribution in [0.4, 0.5) is 18.2 Å². The molecule has 12 heteroatoms. The molecule has 1 aromatic carbocycles. The van der Waals surface area contributed by atoms with E-state index >= 15 is 0 Å². The van der Waals surface area contributed by atoms with Gasteiger partial charge in [-0.2, -0.15) is 29.6 Å². The van der Waals surface area contributed by atoms with Crippen LogP contribution in [0.15, 0.2) is 42.6 Å². The molecule has 0 aliphatic carbocycles. The predicted molar refractivity (Wildman–Crippen MR) is 146 cm³/mol. The molecule has 1 saturated heterocycles. The Morgan fingerprint density at radius 1 is 1.20 bits per heavy atom. The highest BCUT2D eigenvalue weighted by molar-refractivity contribution is 7.16. The van der Waals surface area contributed by atoms with Crippen molar-refractivity contribution >= 4 is 27.9 Å². The Morgan fingerprint density at radius 3 is 2.52 bits per heavy atom. The van der Waals surface area contributed by atoms with Crippen LogP contribution in [0.3, 0.4) is 0 Å². The van der Waals surface area contributed by atoms with E-state index in [0.717, 1.165) is 9.39 Å². The highest BCUT2D eigenvalue weighted by atomic mass is 32.1. The first-order chi connectivity index (χ1) is 19.0. The van der Waals surface area contributed by atoms with E-state index in [1.54, 1.807) is 29.2 Å². The van der Waals surface area contributed by atoms with Crippen LogP contribution >= 0.6 is 11.3 Å². The number of rotatable bonds is 5. The molecule has 0 unspecified atom stereocenters. The summed E-state index contributed by atoms with van der Waals surface area (Å²) in [4.78, 5) is 26.8. The smallest absolute Gasteiger partial charge is 0.433 e. The van der Waals surface area contributed by atoms with Crippen molar-refractivity contribution in [1.82, 2.24) is 24.4 Å². The zero-order valence-electron chi connectivity index (χ0n) is 22.4. The lowest BCUT2D eigenvalue weighted by Crippen LogP contribution is -2.54. The minimum absolute atomic E-state index is 0.0218. The van der Waals surface area contributed by atoms with E-state index in [4.69, 9.17) is 11.3 Å². The number of piperazine rings is 1. The maximum Gasteiger partial charge on any atom is 0.433 e. The Bertz CT molecular complexity index is 1610. The van der Waals surface area contributed by atoms with Gasteiger partial charge in [-0.05, 0) is 51.1 Å². The van der Waals surface area contributed by atoms with Gasteiger partial charge in [0.25, 0.3) is 5.91 Å². The van der Waals surface area contributed by atoms with Crippen molar-refractivity contribution in [2.45, 2.75) is 39.0 Å². The monoisotopic (exact) mass is 568 g/mol. The lowest BCUT2D eigenvalue weighted by Gasteiger charge is -2.42. The summed E-state index contributed by atoms with van der Waals surface area (Å²) in [5.41, 5.74) is -0.576. The number of alkyl halides is 3. The van der Waals surface area contributed by atoms with Crippen molar-refractivity contribution in [3.8, 4) is 17.0 Å². The summed E-state index contributed by atoms with van der Waals surface area (Å²) in [6, 6.07) is 10.2. The fraction of sp³-hybridized carbons (Fsp3) is 0.357. The van der Waals surface area contributed by atoms with E-state index in [1.165, 1.54) is 31.6 Å². The van der Waals surface area contributed by atoms with E-state index in [9.17, 15) is 18.0 Å². The Kier molecular flexibility index (Phi) is 7.29. The third-order valence-electron chi connectivity index (χ3n) is 7.35. The lowest BCUT2D eigenvalue weighted by atomic mass is 10.0. The molecule has 0 radical (unpaired) electrons. The number of aromatic nitrogens is 3. The zero-order valence-corrected chi connectivity index (χ0v) is 23.2. The van der Waals surface area contributed by atoms with Gasteiger partial charge in [-0.15, -0.1) is 0 Å². The molecule has 8 nitrogen and oxygen atoms in total. The maximum atomic E-state index is 14.3. The van der Waals surface area contributed by atoms with Crippen LogP contribution in [-0.4, -0.2) is 63.1 Å². The second-order valence-corrected chi connectivity index (χ2v) is 10.9. The van der Waals surface area contributed by atoms with E-state index in [2.05, 4.69) is 26.8 Å². The van der Waals surface area contributed by atoms with Crippen molar-refractivity contribution in [1.29, 1.82) is 0 Å². The number of carbonyl (C=O) groups excluding carboxylic acids is 1. The molecular formula is C28H27F3N6O2S. The molecule has 1 amide bonds. The summed E-state index contributed by atoms with van der Waals surface area (Å²) in [5.74, 6) is 0.151. The van der Waals surface area contributed by atoms with E-state index in [1.807, 2.05) is 19.1 Å². The molecule has 1 aliphatic heterocycles. The molecule has 0 bridgehead atoms. The van der Waals surface area contributed by atoms with Crippen LogP contribution in [-0.2, 0) is 6.18 Å². The lowest BCUT2D eigenvalue weighted by molar-refractivity contribution is -0.143. The van der Waals surface area contributed by atoms with Crippen LogP contribution in [0.5, 0.6) is 5.75 Å². The summed E-state index contributed by atoms with van der Waals surface area (Å²) in [7, 11) is 1.51. The van der Waals surface area contributed by atoms with E-state index in [0.29, 0.717) is 35.9 Å². The van der Waals surface area contributed by atoms with Gasteiger partial charge in [-0.25, -0.2) is 14.3 Å². The SMILES string of the molecule is [C-]#[N+]c1ccc([C@H](C)N2CCN(C(=O)c3cnn4c(C(F)(F)F)c(C)c(-c5ccc(OC)cc5)nc34)[C@H](C)C2)s1. The van der Waals surface area contributed by atoms with E-state index < -0.39 is 17.8 Å². The molecule has 40 heavy (non-hydrogen) atoms. The number of hydrogen-bond acceptors (Lipinski definition) is 6. The topological polar surface area (TPSA) is 67.3 Å². The molecule has 5 rings (SSSR count). The summed E-state index contributed by atoms with van der Waals surface area (Å²) in [6.45, 7) is 14.1. The van der Waals surface area contributed by atoms with Crippen molar-refractivity contribution in [2.75, 3.05) is 26.7 Å². The predicted octanol–water partition coefficient (Wildman–Crippen LogP) is 6.25. The van der Waals surface area contributed by atoms with Crippen LogP contribution in [0.1, 0.15) is 46.4 Å². The number of ether oxygens (including phenoxy) is 1. The van der Waals surface area contributed by atoms with Gasteiger partial charge in [0, 0.05) is 47.7 Å². The number of nitrogens with zero attached hydrogens (tertiary/aromatic N) is 6. The van der Waals surface area contributed by atoms with Gasteiger partial charge in [0.15, 0.2) is 11.3 Å². The Balaban J connectivity index is 1.48. The molecule has 4 heterocycles. The molecule has 2 atom stereocenters. The number of amides is 1. The van der Waals surface area contributed by atoms with Gasteiger partial charge in [0.1, 0.15) is 11.3 Å². The number of halogens is 3. The molecular weight excluding hydrogens is 541 g/mol. The number of carbonyl (C=O) groups is 1. The Labute approximate surface area is 233 Å². The first kappa shape index (κ1) is 27.6.